The standard InChI is InChI=1S/C21H24N2O3S/c1-13-19(16-8-10-27-12-16)20(21(22)24)14(2)23(13)9-7-15-5-6-17(25-3)18(11-15)26-4/h5-6,8,10-12H,7,9H2,1-4H3,(H2,22,24). The Bertz CT molecular complexity index is 958. The van der Waals surface area contributed by atoms with E-state index in [1.165, 1.54) is 0 Å². The number of thiophene rings is 1. The third-order valence-electron chi connectivity index (χ3n) is 4.91. The van der Waals surface area contributed by atoms with Crippen LogP contribution >= 0.6 is 11.3 Å². The van der Waals surface area contributed by atoms with Crippen LogP contribution in [0.4, 0.5) is 0 Å². The number of methoxy groups -OCH3 is 2. The molecule has 0 radical (unpaired) electrons. The summed E-state index contributed by atoms with van der Waals surface area (Å²) in [6.07, 6.45) is 0.804. The van der Waals surface area contributed by atoms with Gasteiger partial charge in [-0.2, -0.15) is 11.3 Å². The average molecular weight is 385 g/mol. The smallest absolute Gasteiger partial charge is 0.251 e. The maximum atomic E-state index is 12.1. The lowest BCUT2D eigenvalue weighted by Gasteiger charge is -2.12. The van der Waals surface area contributed by atoms with E-state index in [4.69, 9.17) is 15.2 Å². The number of amides is 1. The Morgan fingerprint density at radius 3 is 2.44 bits per heavy atom. The van der Waals surface area contributed by atoms with Crippen molar-refractivity contribution in [2.75, 3.05) is 14.2 Å². The minimum atomic E-state index is -0.387. The number of aromatic nitrogens is 1. The molecule has 0 aliphatic rings. The van der Waals surface area contributed by atoms with E-state index < -0.39 is 0 Å². The number of primary amides is 1. The lowest BCUT2D eigenvalue weighted by molar-refractivity contribution is 0.1000. The summed E-state index contributed by atoms with van der Waals surface area (Å²) in [5, 5.41) is 4.06. The van der Waals surface area contributed by atoms with Crippen molar-refractivity contribution in [3.8, 4) is 22.6 Å². The number of rotatable bonds is 7. The fourth-order valence-electron chi connectivity index (χ4n) is 3.56. The molecule has 2 N–H and O–H groups in total. The van der Waals surface area contributed by atoms with Crippen molar-refractivity contribution in [3.63, 3.8) is 0 Å². The Kier molecular flexibility index (Phi) is 5.56. The minimum absolute atomic E-state index is 0.387. The topological polar surface area (TPSA) is 66.5 Å². The molecule has 2 aromatic heterocycles. The number of hydrogen-bond donors (Lipinski definition) is 1. The number of nitrogens with zero attached hydrogens (tertiary/aromatic N) is 1. The highest BCUT2D eigenvalue weighted by atomic mass is 32.1. The van der Waals surface area contributed by atoms with Crippen LogP contribution in [0.2, 0.25) is 0 Å². The van der Waals surface area contributed by atoms with Crippen LogP contribution in [0.1, 0.15) is 27.3 Å². The van der Waals surface area contributed by atoms with Crippen LogP contribution in [0, 0.1) is 13.8 Å². The Hall–Kier alpha value is -2.73. The molecule has 0 aliphatic heterocycles. The van der Waals surface area contributed by atoms with Gasteiger partial charge in [0, 0.05) is 23.5 Å². The summed E-state index contributed by atoms with van der Waals surface area (Å²) in [4.78, 5) is 12.1. The molecule has 0 fully saturated rings. The molecule has 0 saturated carbocycles. The first kappa shape index (κ1) is 19.0. The van der Waals surface area contributed by atoms with Gasteiger partial charge in [0.15, 0.2) is 11.5 Å². The van der Waals surface area contributed by atoms with Crippen LogP contribution < -0.4 is 15.2 Å². The quantitative estimate of drug-likeness (QED) is 0.664. The molecule has 2 heterocycles. The molecule has 3 rings (SSSR count). The Morgan fingerprint density at radius 1 is 1.11 bits per heavy atom. The van der Waals surface area contributed by atoms with Crippen LogP contribution in [0.15, 0.2) is 35.0 Å². The maximum Gasteiger partial charge on any atom is 0.251 e. The van der Waals surface area contributed by atoms with Crippen LogP contribution in [-0.2, 0) is 13.0 Å². The van der Waals surface area contributed by atoms with Crippen molar-refractivity contribution in [2.24, 2.45) is 5.73 Å². The Balaban J connectivity index is 1.94. The lowest BCUT2D eigenvalue weighted by Crippen LogP contribution is -2.13. The molecular formula is C21H24N2O3S. The van der Waals surface area contributed by atoms with Crippen molar-refractivity contribution in [3.05, 3.63) is 57.5 Å². The van der Waals surface area contributed by atoms with Crippen molar-refractivity contribution in [1.82, 2.24) is 4.57 Å². The predicted molar refractivity (Wildman–Crippen MR) is 109 cm³/mol. The number of benzene rings is 1. The molecule has 0 atom stereocenters. The Labute approximate surface area is 163 Å². The molecule has 142 valence electrons. The minimum Gasteiger partial charge on any atom is -0.493 e. The van der Waals surface area contributed by atoms with Gasteiger partial charge < -0.3 is 19.8 Å². The third kappa shape index (κ3) is 3.57. The van der Waals surface area contributed by atoms with Crippen LogP contribution in [-0.4, -0.2) is 24.7 Å². The van der Waals surface area contributed by atoms with Crippen LogP contribution in [0.5, 0.6) is 11.5 Å². The highest BCUT2D eigenvalue weighted by Gasteiger charge is 2.22. The number of ether oxygens (including phenoxy) is 2. The fourth-order valence-corrected chi connectivity index (χ4v) is 4.20. The molecule has 1 amide bonds. The van der Waals surface area contributed by atoms with Gasteiger partial charge in [0.05, 0.1) is 19.8 Å². The number of hydrogen-bond acceptors (Lipinski definition) is 4. The van der Waals surface area contributed by atoms with Gasteiger partial charge in [-0.3, -0.25) is 4.79 Å². The van der Waals surface area contributed by atoms with Gasteiger partial charge in [-0.15, -0.1) is 0 Å². The van der Waals surface area contributed by atoms with Crippen molar-refractivity contribution in [2.45, 2.75) is 26.8 Å². The van der Waals surface area contributed by atoms with E-state index in [2.05, 4.69) is 4.57 Å². The molecule has 27 heavy (non-hydrogen) atoms. The van der Waals surface area contributed by atoms with Gasteiger partial charge in [-0.25, -0.2) is 0 Å². The van der Waals surface area contributed by atoms with E-state index in [0.717, 1.165) is 41.0 Å². The van der Waals surface area contributed by atoms with Gasteiger partial charge in [-0.1, -0.05) is 6.07 Å². The lowest BCUT2D eigenvalue weighted by atomic mass is 10.0. The first-order chi connectivity index (χ1) is 13.0. The van der Waals surface area contributed by atoms with Gasteiger partial charge in [-0.05, 0) is 60.4 Å². The highest BCUT2D eigenvalue weighted by molar-refractivity contribution is 7.08. The van der Waals surface area contributed by atoms with E-state index >= 15 is 0 Å². The molecule has 0 saturated heterocycles. The number of nitrogens with two attached hydrogens (primary N) is 1. The van der Waals surface area contributed by atoms with Crippen molar-refractivity contribution >= 4 is 17.2 Å². The van der Waals surface area contributed by atoms with Gasteiger partial charge in [0.2, 0.25) is 0 Å². The van der Waals surface area contributed by atoms with Crippen LogP contribution in [0.25, 0.3) is 11.1 Å². The van der Waals surface area contributed by atoms with Gasteiger partial charge in [0.25, 0.3) is 5.91 Å². The second kappa shape index (κ2) is 7.88. The van der Waals surface area contributed by atoms with Crippen molar-refractivity contribution < 1.29 is 14.3 Å². The largest absolute Gasteiger partial charge is 0.493 e. The third-order valence-corrected chi connectivity index (χ3v) is 5.59. The maximum absolute atomic E-state index is 12.1. The fraction of sp³-hybridized carbons (Fsp3) is 0.286. The summed E-state index contributed by atoms with van der Waals surface area (Å²) >= 11 is 1.61. The molecule has 0 unspecified atom stereocenters. The van der Waals surface area contributed by atoms with E-state index in [9.17, 15) is 4.79 Å². The number of carbonyl (C=O) groups excluding carboxylic acids is 1. The SMILES string of the molecule is COc1ccc(CCn2c(C)c(C(N)=O)c(-c3ccsc3)c2C)cc1OC. The summed E-state index contributed by atoms with van der Waals surface area (Å²) in [6, 6.07) is 7.96. The molecule has 0 spiro atoms. The van der Waals surface area contributed by atoms with E-state index in [-0.39, 0.29) is 5.91 Å². The monoisotopic (exact) mass is 384 g/mol. The molecule has 1 aromatic carbocycles. The number of aryl methyl sites for hydroxylation is 1. The second-order valence-electron chi connectivity index (χ2n) is 6.39. The zero-order valence-electron chi connectivity index (χ0n) is 16.0. The van der Waals surface area contributed by atoms with E-state index in [1.807, 2.05) is 48.9 Å². The molecule has 0 bridgehead atoms. The van der Waals surface area contributed by atoms with E-state index in [1.54, 1.807) is 25.6 Å². The predicted octanol–water partition coefficient (Wildman–Crippen LogP) is 4.19. The zero-order valence-corrected chi connectivity index (χ0v) is 16.9. The summed E-state index contributed by atoms with van der Waals surface area (Å²) in [5.74, 6) is 1.04. The Morgan fingerprint density at radius 2 is 1.85 bits per heavy atom. The van der Waals surface area contributed by atoms with Gasteiger partial charge in [0.1, 0.15) is 0 Å². The highest BCUT2D eigenvalue weighted by Crippen LogP contribution is 2.34. The summed E-state index contributed by atoms with van der Waals surface area (Å²) < 4.78 is 12.9. The van der Waals surface area contributed by atoms with Crippen molar-refractivity contribution in [1.29, 1.82) is 0 Å². The molecule has 6 heteroatoms. The van der Waals surface area contributed by atoms with Crippen LogP contribution in [0.3, 0.4) is 0 Å². The molecule has 3 aromatic rings. The first-order valence-corrected chi connectivity index (χ1v) is 9.65. The normalized spacial score (nSPS) is 10.8. The summed E-state index contributed by atoms with van der Waals surface area (Å²) in [6.45, 7) is 4.75. The van der Waals surface area contributed by atoms with Gasteiger partial charge >= 0.3 is 0 Å². The molecule has 0 aliphatic carbocycles. The molecule has 5 nitrogen and oxygen atoms in total. The second-order valence-corrected chi connectivity index (χ2v) is 7.17. The average Bonchev–Trinajstić information content (AvgIpc) is 3.26. The molecular weight excluding hydrogens is 360 g/mol. The zero-order chi connectivity index (χ0) is 19.6. The first-order valence-electron chi connectivity index (χ1n) is 8.70. The number of carbonyl (C=O) groups is 1. The summed E-state index contributed by atoms with van der Waals surface area (Å²) in [7, 11) is 3.26. The van der Waals surface area contributed by atoms with E-state index in [0.29, 0.717) is 17.1 Å². The summed E-state index contributed by atoms with van der Waals surface area (Å²) in [5.41, 5.74) is 11.4.